The average molecular weight is 300 g/mol. The van der Waals surface area contributed by atoms with Crippen molar-refractivity contribution in [1.82, 2.24) is 9.62 Å². The molecule has 1 aromatic heterocycles. The molecule has 0 saturated carbocycles. The molecule has 1 unspecified atom stereocenters. The summed E-state index contributed by atoms with van der Waals surface area (Å²) in [5.74, 6) is -0.00974. The van der Waals surface area contributed by atoms with Crippen molar-refractivity contribution in [2.45, 2.75) is 37.8 Å². The lowest BCUT2D eigenvalue weighted by molar-refractivity contribution is -0.124. The van der Waals surface area contributed by atoms with Crippen molar-refractivity contribution in [3.05, 3.63) is 18.4 Å². The summed E-state index contributed by atoms with van der Waals surface area (Å²) in [4.78, 5) is 12.1. The molecule has 2 heterocycles. The Morgan fingerprint density at radius 1 is 1.50 bits per heavy atom. The summed E-state index contributed by atoms with van der Waals surface area (Å²) in [6.45, 7) is 4.75. The van der Waals surface area contributed by atoms with Gasteiger partial charge >= 0.3 is 0 Å². The third-order valence-electron chi connectivity index (χ3n) is 3.26. The van der Waals surface area contributed by atoms with Gasteiger partial charge in [-0.15, -0.1) is 0 Å². The Morgan fingerprint density at radius 3 is 2.85 bits per heavy atom. The van der Waals surface area contributed by atoms with Gasteiger partial charge in [0, 0.05) is 13.1 Å². The van der Waals surface area contributed by atoms with E-state index in [0.29, 0.717) is 25.9 Å². The lowest BCUT2D eigenvalue weighted by Gasteiger charge is -2.27. The van der Waals surface area contributed by atoms with E-state index in [0.717, 1.165) is 0 Å². The van der Waals surface area contributed by atoms with Gasteiger partial charge < -0.3 is 9.73 Å². The van der Waals surface area contributed by atoms with Crippen LogP contribution in [0.25, 0.3) is 0 Å². The molecule has 0 bridgehead atoms. The zero-order valence-electron chi connectivity index (χ0n) is 11.7. The van der Waals surface area contributed by atoms with Gasteiger partial charge in [0.25, 0.3) is 10.0 Å². The lowest BCUT2D eigenvalue weighted by atomic mass is 10.0. The van der Waals surface area contributed by atoms with Gasteiger partial charge in [0.15, 0.2) is 0 Å². The van der Waals surface area contributed by atoms with Crippen molar-refractivity contribution in [3.8, 4) is 0 Å². The van der Waals surface area contributed by atoms with E-state index in [1.54, 1.807) is 0 Å². The van der Waals surface area contributed by atoms with Crippen molar-refractivity contribution in [2.75, 3.05) is 13.1 Å². The molecule has 1 atom stereocenters. The van der Waals surface area contributed by atoms with Gasteiger partial charge in [0.1, 0.15) is 6.04 Å². The predicted molar refractivity (Wildman–Crippen MR) is 73.5 cm³/mol. The van der Waals surface area contributed by atoms with Gasteiger partial charge in [-0.2, -0.15) is 4.31 Å². The van der Waals surface area contributed by atoms with Gasteiger partial charge in [-0.1, -0.05) is 13.8 Å². The maximum atomic E-state index is 12.6. The first-order valence-electron chi connectivity index (χ1n) is 6.76. The molecule has 1 N–H and O–H groups in total. The first-order chi connectivity index (χ1) is 9.43. The Hall–Kier alpha value is -1.34. The van der Waals surface area contributed by atoms with Crippen LogP contribution in [0, 0.1) is 5.92 Å². The van der Waals surface area contributed by atoms with Gasteiger partial charge in [0.2, 0.25) is 11.0 Å². The molecule has 7 heteroatoms. The molecule has 20 heavy (non-hydrogen) atoms. The van der Waals surface area contributed by atoms with Crippen LogP contribution in [0.4, 0.5) is 0 Å². The fraction of sp³-hybridized carbons (Fsp3) is 0.615. The van der Waals surface area contributed by atoms with Gasteiger partial charge in [-0.3, -0.25) is 4.79 Å². The highest BCUT2D eigenvalue weighted by Crippen LogP contribution is 2.23. The molecule has 1 aromatic rings. The van der Waals surface area contributed by atoms with Gasteiger partial charge in [-0.05, 0) is 30.9 Å². The highest BCUT2D eigenvalue weighted by molar-refractivity contribution is 7.89. The summed E-state index contributed by atoms with van der Waals surface area (Å²) in [5.41, 5.74) is 0. The average Bonchev–Trinajstić information content (AvgIpc) is 2.84. The van der Waals surface area contributed by atoms with Crippen LogP contribution in [0.3, 0.4) is 0 Å². The van der Waals surface area contributed by atoms with Crippen LogP contribution >= 0.6 is 0 Å². The Morgan fingerprint density at radius 2 is 2.25 bits per heavy atom. The Balaban J connectivity index is 2.36. The monoisotopic (exact) mass is 300 g/mol. The molecule has 0 radical (unpaired) electrons. The maximum Gasteiger partial charge on any atom is 0.277 e. The number of amides is 1. The predicted octanol–water partition coefficient (Wildman–Crippen LogP) is 1.20. The van der Waals surface area contributed by atoms with E-state index in [4.69, 9.17) is 4.42 Å². The van der Waals surface area contributed by atoms with E-state index in [-0.39, 0.29) is 16.9 Å². The molecule has 0 spiro atoms. The van der Waals surface area contributed by atoms with Gasteiger partial charge in [-0.25, -0.2) is 8.42 Å². The van der Waals surface area contributed by atoms with Gasteiger partial charge in [0.05, 0.1) is 6.26 Å². The molecule has 0 aliphatic carbocycles. The number of rotatable bonds is 4. The minimum Gasteiger partial charge on any atom is -0.452 e. The van der Waals surface area contributed by atoms with Crippen molar-refractivity contribution in [2.24, 2.45) is 5.92 Å². The largest absolute Gasteiger partial charge is 0.452 e. The van der Waals surface area contributed by atoms with E-state index in [9.17, 15) is 13.2 Å². The standard InChI is InChI=1S/C13H20N2O4S/c1-10(2)9-11-13(16)14-6-4-7-15(11)20(17,18)12-5-3-8-19-12/h3,5,8,10-11H,4,6-7,9H2,1-2H3,(H,14,16). The molecule has 1 aliphatic heterocycles. The van der Waals surface area contributed by atoms with Crippen LogP contribution in [-0.4, -0.2) is 37.8 Å². The molecular weight excluding hydrogens is 280 g/mol. The summed E-state index contributed by atoms with van der Waals surface area (Å²) >= 11 is 0. The van der Waals surface area contributed by atoms with Crippen molar-refractivity contribution < 1.29 is 17.6 Å². The zero-order valence-corrected chi connectivity index (χ0v) is 12.5. The molecule has 2 rings (SSSR count). The summed E-state index contributed by atoms with van der Waals surface area (Å²) in [7, 11) is -3.76. The minimum atomic E-state index is -3.76. The van der Waals surface area contributed by atoms with E-state index in [1.165, 1.54) is 22.7 Å². The Kier molecular flexibility index (Phi) is 4.49. The van der Waals surface area contributed by atoms with Crippen LogP contribution < -0.4 is 5.32 Å². The topological polar surface area (TPSA) is 79.6 Å². The number of furan rings is 1. The van der Waals surface area contributed by atoms with E-state index in [1.807, 2.05) is 13.8 Å². The number of hydrogen-bond acceptors (Lipinski definition) is 4. The van der Waals surface area contributed by atoms with Crippen LogP contribution in [0.1, 0.15) is 26.7 Å². The smallest absolute Gasteiger partial charge is 0.277 e. The van der Waals surface area contributed by atoms with Crippen LogP contribution in [0.5, 0.6) is 0 Å². The number of nitrogens with zero attached hydrogens (tertiary/aromatic N) is 1. The van der Waals surface area contributed by atoms with Crippen LogP contribution in [-0.2, 0) is 14.8 Å². The normalized spacial score (nSPS) is 21.8. The third kappa shape index (κ3) is 3.04. The minimum absolute atomic E-state index is 0.110. The Bertz CT molecular complexity index is 551. The fourth-order valence-corrected chi connectivity index (χ4v) is 3.88. The highest BCUT2D eigenvalue weighted by Gasteiger charge is 2.38. The zero-order chi connectivity index (χ0) is 14.8. The molecule has 1 amide bonds. The molecule has 1 fully saturated rings. The molecule has 0 aromatic carbocycles. The molecular formula is C13H20N2O4S. The number of carbonyl (C=O) groups excluding carboxylic acids is 1. The second-order valence-electron chi connectivity index (χ2n) is 5.34. The van der Waals surface area contributed by atoms with Crippen molar-refractivity contribution in [3.63, 3.8) is 0 Å². The summed E-state index contributed by atoms with van der Waals surface area (Å²) in [6, 6.07) is 2.26. The first kappa shape index (κ1) is 15.1. The van der Waals surface area contributed by atoms with Crippen molar-refractivity contribution >= 4 is 15.9 Å². The van der Waals surface area contributed by atoms with E-state index in [2.05, 4.69) is 5.32 Å². The Labute approximate surface area is 119 Å². The molecule has 1 saturated heterocycles. The number of sulfonamides is 1. The van der Waals surface area contributed by atoms with Crippen LogP contribution in [0.15, 0.2) is 27.9 Å². The number of carbonyl (C=O) groups is 1. The quantitative estimate of drug-likeness (QED) is 0.906. The lowest BCUT2D eigenvalue weighted by Crippen LogP contribution is -2.47. The molecule has 112 valence electrons. The second-order valence-corrected chi connectivity index (χ2v) is 7.16. The summed E-state index contributed by atoms with van der Waals surface area (Å²) in [5, 5.41) is 2.66. The SMILES string of the molecule is CC(C)CC1C(=O)NCCCN1S(=O)(=O)c1ccco1. The molecule has 1 aliphatic rings. The summed E-state index contributed by atoms with van der Waals surface area (Å²) in [6.07, 6.45) is 2.41. The third-order valence-corrected chi connectivity index (χ3v) is 5.05. The molecule has 6 nitrogen and oxygen atoms in total. The van der Waals surface area contributed by atoms with Crippen LogP contribution in [0.2, 0.25) is 0 Å². The fourth-order valence-electron chi connectivity index (χ4n) is 2.34. The second kappa shape index (κ2) is 5.97. The van der Waals surface area contributed by atoms with Crippen molar-refractivity contribution in [1.29, 1.82) is 0 Å². The summed E-state index contributed by atoms with van der Waals surface area (Å²) < 4.78 is 31.5. The first-order valence-corrected chi connectivity index (χ1v) is 8.20. The van der Waals surface area contributed by atoms with E-state index < -0.39 is 16.1 Å². The maximum absolute atomic E-state index is 12.6. The number of nitrogens with one attached hydrogen (secondary N) is 1. The number of hydrogen-bond donors (Lipinski definition) is 1. The van der Waals surface area contributed by atoms with E-state index >= 15 is 0 Å². The highest BCUT2D eigenvalue weighted by atomic mass is 32.2.